The third kappa shape index (κ3) is 2.25. The van der Waals surface area contributed by atoms with E-state index in [0.717, 1.165) is 17.4 Å². The molecule has 0 amide bonds. The average Bonchev–Trinajstić information content (AvgIpc) is 2.86. The smallest absolute Gasteiger partial charge is 0.0749 e. The predicted octanol–water partition coefficient (Wildman–Crippen LogP) is 3.93. The zero-order valence-electron chi connectivity index (χ0n) is 11.8. The fraction of sp³-hybridized carbons (Fsp3) is 0.471. The van der Waals surface area contributed by atoms with Gasteiger partial charge in [0.2, 0.25) is 0 Å². The lowest BCUT2D eigenvalue weighted by atomic mass is 9.85. The van der Waals surface area contributed by atoms with Gasteiger partial charge in [0, 0.05) is 17.6 Å². The Kier molecular flexibility index (Phi) is 3.52. The highest BCUT2D eigenvalue weighted by Gasteiger charge is 2.31. The maximum absolute atomic E-state index is 4.61. The third-order valence-electron chi connectivity index (χ3n) is 4.67. The maximum Gasteiger partial charge on any atom is 0.0749 e. The quantitative estimate of drug-likeness (QED) is 0.897. The molecule has 100 valence electrons. The van der Waals surface area contributed by atoms with Crippen LogP contribution in [0.3, 0.4) is 0 Å². The molecule has 1 heterocycles. The molecular formula is C17H22N2. The highest BCUT2D eigenvalue weighted by atomic mass is 14.9. The molecular weight excluding hydrogens is 232 g/mol. The van der Waals surface area contributed by atoms with E-state index in [1.165, 1.54) is 30.2 Å². The average molecular weight is 254 g/mol. The van der Waals surface area contributed by atoms with Crippen molar-refractivity contribution in [3.63, 3.8) is 0 Å². The van der Waals surface area contributed by atoms with Crippen LogP contribution in [-0.4, -0.2) is 12.0 Å². The first kappa shape index (κ1) is 12.6. The number of hydrogen-bond acceptors (Lipinski definition) is 2. The topological polar surface area (TPSA) is 24.9 Å². The monoisotopic (exact) mass is 254 g/mol. The van der Waals surface area contributed by atoms with Crippen LogP contribution in [0.2, 0.25) is 0 Å². The van der Waals surface area contributed by atoms with Crippen LogP contribution in [-0.2, 0) is 0 Å². The molecule has 0 saturated heterocycles. The van der Waals surface area contributed by atoms with E-state index in [1.54, 1.807) is 0 Å². The van der Waals surface area contributed by atoms with Crippen LogP contribution in [0.4, 0.5) is 0 Å². The van der Waals surface area contributed by atoms with Gasteiger partial charge in [-0.1, -0.05) is 44.0 Å². The molecule has 1 aliphatic carbocycles. The van der Waals surface area contributed by atoms with Crippen molar-refractivity contribution in [2.75, 3.05) is 7.05 Å². The van der Waals surface area contributed by atoms with Gasteiger partial charge in [-0.05, 0) is 36.9 Å². The number of rotatable bonds is 3. The second-order valence-electron chi connectivity index (χ2n) is 5.76. The van der Waals surface area contributed by atoms with Gasteiger partial charge in [-0.2, -0.15) is 0 Å². The summed E-state index contributed by atoms with van der Waals surface area (Å²) >= 11 is 0. The molecule has 2 heteroatoms. The maximum atomic E-state index is 4.61. The standard InChI is InChI=1S/C17H22N2/c1-12-6-3-9-14(12)17(18-2)15-10-4-7-13-8-5-11-19-16(13)15/h4-5,7-8,10-12,14,17-18H,3,6,9H2,1-2H3. The van der Waals surface area contributed by atoms with E-state index in [4.69, 9.17) is 0 Å². The first-order valence-corrected chi connectivity index (χ1v) is 7.32. The number of pyridine rings is 1. The molecule has 3 unspecified atom stereocenters. The predicted molar refractivity (Wildman–Crippen MR) is 80.0 cm³/mol. The van der Waals surface area contributed by atoms with Crippen molar-refractivity contribution < 1.29 is 0 Å². The van der Waals surface area contributed by atoms with Crippen LogP contribution in [0.1, 0.15) is 37.8 Å². The van der Waals surface area contributed by atoms with Crippen molar-refractivity contribution in [1.82, 2.24) is 10.3 Å². The summed E-state index contributed by atoms with van der Waals surface area (Å²) < 4.78 is 0. The van der Waals surface area contributed by atoms with Crippen molar-refractivity contribution >= 4 is 10.9 Å². The fourth-order valence-corrected chi connectivity index (χ4v) is 3.65. The summed E-state index contributed by atoms with van der Waals surface area (Å²) in [4.78, 5) is 4.61. The Labute approximate surface area is 115 Å². The second kappa shape index (κ2) is 5.30. The highest BCUT2D eigenvalue weighted by Crippen LogP contribution is 2.41. The Morgan fingerprint density at radius 3 is 2.79 bits per heavy atom. The van der Waals surface area contributed by atoms with Crippen LogP contribution in [0.25, 0.3) is 10.9 Å². The van der Waals surface area contributed by atoms with E-state index in [2.05, 4.69) is 48.5 Å². The number of nitrogens with zero attached hydrogens (tertiary/aromatic N) is 1. The lowest BCUT2D eigenvalue weighted by Crippen LogP contribution is -2.27. The number of benzene rings is 1. The van der Waals surface area contributed by atoms with Crippen molar-refractivity contribution in [2.24, 2.45) is 11.8 Å². The molecule has 0 spiro atoms. The van der Waals surface area contributed by atoms with Crippen LogP contribution in [0.5, 0.6) is 0 Å². The molecule has 1 aromatic heterocycles. The van der Waals surface area contributed by atoms with Gasteiger partial charge in [0.05, 0.1) is 5.52 Å². The SMILES string of the molecule is CNC(c1cccc2cccnc12)C1CCCC1C. The second-order valence-corrected chi connectivity index (χ2v) is 5.76. The summed E-state index contributed by atoms with van der Waals surface area (Å²) in [6.07, 6.45) is 5.95. The zero-order valence-corrected chi connectivity index (χ0v) is 11.8. The Hall–Kier alpha value is -1.41. The van der Waals surface area contributed by atoms with Crippen molar-refractivity contribution in [3.05, 3.63) is 42.1 Å². The van der Waals surface area contributed by atoms with Crippen LogP contribution in [0, 0.1) is 11.8 Å². The molecule has 1 saturated carbocycles. The van der Waals surface area contributed by atoms with Gasteiger partial charge in [0.15, 0.2) is 0 Å². The zero-order chi connectivity index (χ0) is 13.2. The summed E-state index contributed by atoms with van der Waals surface area (Å²) in [5, 5.41) is 4.78. The highest BCUT2D eigenvalue weighted by molar-refractivity contribution is 5.82. The van der Waals surface area contributed by atoms with Crippen LogP contribution in [0.15, 0.2) is 36.5 Å². The van der Waals surface area contributed by atoms with E-state index in [-0.39, 0.29) is 0 Å². The molecule has 0 bridgehead atoms. The molecule has 2 aromatic rings. The minimum absolute atomic E-state index is 0.427. The normalized spacial score (nSPS) is 24.7. The summed E-state index contributed by atoms with van der Waals surface area (Å²) in [7, 11) is 2.08. The van der Waals surface area contributed by atoms with Gasteiger partial charge in [-0.15, -0.1) is 0 Å². The first-order valence-electron chi connectivity index (χ1n) is 7.32. The van der Waals surface area contributed by atoms with Crippen LogP contribution < -0.4 is 5.32 Å². The van der Waals surface area contributed by atoms with Crippen molar-refractivity contribution in [3.8, 4) is 0 Å². The number of hydrogen-bond donors (Lipinski definition) is 1. The van der Waals surface area contributed by atoms with E-state index in [9.17, 15) is 0 Å². The first-order chi connectivity index (χ1) is 9.31. The Bertz CT molecular complexity index is 559. The molecule has 2 nitrogen and oxygen atoms in total. The van der Waals surface area contributed by atoms with Gasteiger partial charge in [0.25, 0.3) is 0 Å². The van der Waals surface area contributed by atoms with Crippen molar-refractivity contribution in [2.45, 2.75) is 32.2 Å². The molecule has 0 radical (unpaired) electrons. The van der Waals surface area contributed by atoms with Gasteiger partial charge < -0.3 is 5.32 Å². The van der Waals surface area contributed by atoms with Gasteiger partial charge in [-0.25, -0.2) is 0 Å². The summed E-state index contributed by atoms with van der Waals surface area (Å²) in [6, 6.07) is 11.1. The number of nitrogens with one attached hydrogen (secondary N) is 1. The molecule has 0 aliphatic heterocycles. The lowest BCUT2D eigenvalue weighted by molar-refractivity contribution is 0.317. The van der Waals surface area contributed by atoms with E-state index in [1.807, 2.05) is 12.3 Å². The molecule has 19 heavy (non-hydrogen) atoms. The Balaban J connectivity index is 2.06. The minimum Gasteiger partial charge on any atom is -0.313 e. The Morgan fingerprint density at radius 1 is 1.21 bits per heavy atom. The van der Waals surface area contributed by atoms with Crippen molar-refractivity contribution in [1.29, 1.82) is 0 Å². The summed E-state index contributed by atoms with van der Waals surface area (Å²) in [5.41, 5.74) is 2.52. The third-order valence-corrected chi connectivity index (χ3v) is 4.67. The number of para-hydroxylation sites is 1. The largest absolute Gasteiger partial charge is 0.313 e. The molecule has 1 fully saturated rings. The Morgan fingerprint density at radius 2 is 2.05 bits per heavy atom. The summed E-state index contributed by atoms with van der Waals surface area (Å²) in [5.74, 6) is 1.54. The van der Waals surface area contributed by atoms with Crippen LogP contribution >= 0.6 is 0 Å². The molecule has 1 aliphatic rings. The number of fused-ring (bicyclic) bond motifs is 1. The summed E-state index contributed by atoms with van der Waals surface area (Å²) in [6.45, 7) is 2.39. The molecule has 3 atom stereocenters. The molecule has 3 rings (SSSR count). The number of aromatic nitrogens is 1. The fourth-order valence-electron chi connectivity index (χ4n) is 3.65. The van der Waals surface area contributed by atoms with Gasteiger partial charge >= 0.3 is 0 Å². The minimum atomic E-state index is 0.427. The molecule has 1 aromatic carbocycles. The van der Waals surface area contributed by atoms with E-state index < -0.39 is 0 Å². The lowest BCUT2D eigenvalue weighted by Gasteiger charge is -2.27. The van der Waals surface area contributed by atoms with Gasteiger partial charge in [0.1, 0.15) is 0 Å². The van der Waals surface area contributed by atoms with E-state index in [0.29, 0.717) is 6.04 Å². The van der Waals surface area contributed by atoms with Gasteiger partial charge in [-0.3, -0.25) is 4.98 Å². The van der Waals surface area contributed by atoms with E-state index >= 15 is 0 Å². The molecule has 1 N–H and O–H groups in total.